The zero-order chi connectivity index (χ0) is 20.5. The normalized spacial score (nSPS) is 10.4. The first kappa shape index (κ1) is 22.0. The number of halogens is 1. The molecule has 0 atom stereocenters. The molecule has 0 unspecified atom stereocenters. The average Bonchev–Trinajstić information content (AvgIpc) is 2.68. The maximum atomic E-state index is 12.5. The Morgan fingerprint density at radius 3 is 2.39 bits per heavy atom. The topological polar surface area (TPSA) is 58.6 Å². The number of anilines is 2. The Bertz CT molecular complexity index is 806. The number of rotatable bonds is 9. The molecule has 1 N–H and O–H groups in total. The quantitative estimate of drug-likeness (QED) is 0.506. The van der Waals surface area contributed by atoms with Crippen LogP contribution >= 0.6 is 15.9 Å². The van der Waals surface area contributed by atoms with Crippen LogP contribution in [0.25, 0.3) is 0 Å². The van der Waals surface area contributed by atoms with Gasteiger partial charge in [-0.1, -0.05) is 26.2 Å². The zero-order valence-electron chi connectivity index (χ0n) is 16.6. The fourth-order valence-corrected chi connectivity index (χ4v) is 3.12. The maximum absolute atomic E-state index is 12.5. The molecule has 0 radical (unpaired) electrons. The van der Waals surface area contributed by atoms with E-state index in [-0.39, 0.29) is 11.8 Å². The summed E-state index contributed by atoms with van der Waals surface area (Å²) in [6.07, 6.45) is 4.60. The number of ether oxygens (including phenoxy) is 1. The van der Waals surface area contributed by atoms with Crippen molar-refractivity contribution in [1.82, 2.24) is 0 Å². The Kier molecular flexibility index (Phi) is 8.51. The van der Waals surface area contributed by atoms with Gasteiger partial charge in [0, 0.05) is 30.9 Å². The molecule has 0 aliphatic heterocycles. The van der Waals surface area contributed by atoms with Gasteiger partial charge in [0.05, 0.1) is 11.1 Å². The molecule has 0 saturated carbocycles. The molecule has 0 aliphatic rings. The van der Waals surface area contributed by atoms with E-state index >= 15 is 0 Å². The highest BCUT2D eigenvalue weighted by atomic mass is 79.9. The van der Waals surface area contributed by atoms with E-state index in [0.717, 1.165) is 28.8 Å². The van der Waals surface area contributed by atoms with E-state index < -0.39 is 0 Å². The second kappa shape index (κ2) is 10.9. The molecule has 2 aromatic carbocycles. The Morgan fingerprint density at radius 2 is 1.79 bits per heavy atom. The summed E-state index contributed by atoms with van der Waals surface area (Å²) in [6, 6.07) is 12.5. The van der Waals surface area contributed by atoms with Crippen LogP contribution in [0.5, 0.6) is 5.75 Å². The van der Waals surface area contributed by atoms with Gasteiger partial charge in [0.25, 0.3) is 5.91 Å². The van der Waals surface area contributed by atoms with Crippen LogP contribution in [0.1, 0.15) is 49.9 Å². The molecule has 2 amide bonds. The van der Waals surface area contributed by atoms with Crippen LogP contribution < -0.4 is 15.0 Å². The van der Waals surface area contributed by atoms with Crippen LogP contribution in [-0.4, -0.2) is 25.5 Å². The number of amides is 2. The number of carbonyl (C=O) groups excluding carboxylic acids is 2. The number of hydrogen-bond acceptors (Lipinski definition) is 3. The first-order valence-corrected chi connectivity index (χ1v) is 10.3. The highest BCUT2D eigenvalue weighted by Crippen LogP contribution is 2.27. The molecule has 2 aromatic rings. The van der Waals surface area contributed by atoms with E-state index in [2.05, 4.69) is 28.2 Å². The lowest BCUT2D eigenvalue weighted by Gasteiger charge is -2.15. The lowest BCUT2D eigenvalue weighted by Crippen LogP contribution is -2.22. The van der Waals surface area contributed by atoms with Gasteiger partial charge in [0.1, 0.15) is 5.75 Å². The molecule has 0 saturated heterocycles. The van der Waals surface area contributed by atoms with Crippen LogP contribution in [0.3, 0.4) is 0 Å². The van der Waals surface area contributed by atoms with Crippen LogP contribution in [0.2, 0.25) is 0 Å². The van der Waals surface area contributed by atoms with Crippen LogP contribution in [0.15, 0.2) is 46.9 Å². The molecule has 0 aromatic heterocycles. The molecular weight excluding hydrogens is 420 g/mol. The Labute approximate surface area is 175 Å². The zero-order valence-corrected chi connectivity index (χ0v) is 18.2. The predicted molar refractivity (Wildman–Crippen MR) is 117 cm³/mol. The molecule has 0 aliphatic carbocycles. The number of nitrogens with zero attached hydrogens (tertiary/aromatic N) is 1. The fourth-order valence-electron chi connectivity index (χ4n) is 2.62. The Morgan fingerprint density at radius 1 is 1.07 bits per heavy atom. The summed E-state index contributed by atoms with van der Waals surface area (Å²) in [5.41, 5.74) is 1.97. The van der Waals surface area contributed by atoms with Crippen LogP contribution in [-0.2, 0) is 4.79 Å². The first-order chi connectivity index (χ1) is 13.4. The van der Waals surface area contributed by atoms with Crippen molar-refractivity contribution >= 4 is 39.1 Å². The van der Waals surface area contributed by atoms with E-state index in [9.17, 15) is 9.59 Å². The van der Waals surface area contributed by atoms with Gasteiger partial charge in [-0.2, -0.15) is 0 Å². The average molecular weight is 447 g/mol. The summed E-state index contributed by atoms with van der Waals surface area (Å²) >= 11 is 3.48. The molecule has 2 rings (SSSR count). The number of benzene rings is 2. The fraction of sp³-hybridized carbons (Fsp3) is 0.364. The Balaban J connectivity index is 1.95. The first-order valence-electron chi connectivity index (χ1n) is 9.50. The largest absolute Gasteiger partial charge is 0.492 e. The van der Waals surface area contributed by atoms with E-state index in [4.69, 9.17) is 4.74 Å². The second-order valence-electron chi connectivity index (χ2n) is 6.63. The van der Waals surface area contributed by atoms with Gasteiger partial charge in [-0.25, -0.2) is 0 Å². The van der Waals surface area contributed by atoms with E-state index in [1.54, 1.807) is 48.3 Å². The monoisotopic (exact) mass is 446 g/mol. The Hall–Kier alpha value is -2.34. The molecule has 28 heavy (non-hydrogen) atoms. The van der Waals surface area contributed by atoms with Crippen molar-refractivity contribution in [3.05, 3.63) is 52.5 Å². The van der Waals surface area contributed by atoms with Gasteiger partial charge in [0.15, 0.2) is 0 Å². The van der Waals surface area contributed by atoms with Crippen molar-refractivity contribution in [1.29, 1.82) is 0 Å². The van der Waals surface area contributed by atoms with E-state index in [1.165, 1.54) is 19.8 Å². The third-order valence-corrected chi connectivity index (χ3v) is 5.05. The molecule has 0 heterocycles. The van der Waals surface area contributed by atoms with Gasteiger partial charge < -0.3 is 15.0 Å². The van der Waals surface area contributed by atoms with Crippen molar-refractivity contribution in [2.45, 2.75) is 39.5 Å². The number of unbranched alkanes of at least 4 members (excludes halogenated alkanes) is 3. The van der Waals surface area contributed by atoms with Gasteiger partial charge in [-0.3, -0.25) is 9.59 Å². The van der Waals surface area contributed by atoms with Gasteiger partial charge in [0.2, 0.25) is 5.91 Å². The summed E-state index contributed by atoms with van der Waals surface area (Å²) < 4.78 is 6.54. The number of carbonyl (C=O) groups is 2. The SMILES string of the molecule is CCCCCCOc1ccc(C(=O)Nc2ccc(N(C)C(C)=O)cc2)cc1Br. The highest BCUT2D eigenvalue weighted by molar-refractivity contribution is 9.10. The standard InChI is InChI=1S/C22H27BrN2O3/c1-4-5-6-7-14-28-21-13-8-17(15-20(21)23)22(27)24-18-9-11-19(12-10-18)25(3)16(2)26/h8-13,15H,4-7,14H2,1-3H3,(H,24,27). The van der Waals surface area contributed by atoms with Crippen LogP contribution in [0.4, 0.5) is 11.4 Å². The second-order valence-corrected chi connectivity index (χ2v) is 7.49. The molecule has 0 fully saturated rings. The molecule has 6 heteroatoms. The molecule has 5 nitrogen and oxygen atoms in total. The minimum absolute atomic E-state index is 0.0469. The lowest BCUT2D eigenvalue weighted by atomic mass is 10.2. The highest BCUT2D eigenvalue weighted by Gasteiger charge is 2.11. The van der Waals surface area contributed by atoms with Gasteiger partial charge in [-0.15, -0.1) is 0 Å². The van der Waals surface area contributed by atoms with Crippen molar-refractivity contribution in [2.75, 3.05) is 23.9 Å². The van der Waals surface area contributed by atoms with E-state index in [0.29, 0.717) is 17.9 Å². The summed E-state index contributed by atoms with van der Waals surface area (Å²) in [7, 11) is 1.71. The number of hydrogen-bond donors (Lipinski definition) is 1. The van der Waals surface area contributed by atoms with Crippen molar-refractivity contribution in [2.24, 2.45) is 0 Å². The molecule has 0 spiro atoms. The summed E-state index contributed by atoms with van der Waals surface area (Å²) in [4.78, 5) is 25.4. The number of nitrogens with one attached hydrogen (secondary N) is 1. The van der Waals surface area contributed by atoms with Gasteiger partial charge in [-0.05, 0) is 64.8 Å². The third-order valence-electron chi connectivity index (χ3n) is 4.43. The third kappa shape index (κ3) is 6.37. The van der Waals surface area contributed by atoms with Crippen molar-refractivity contribution in [3.63, 3.8) is 0 Å². The molecule has 0 bridgehead atoms. The maximum Gasteiger partial charge on any atom is 0.255 e. The summed E-state index contributed by atoms with van der Waals surface area (Å²) in [5.74, 6) is 0.488. The van der Waals surface area contributed by atoms with E-state index in [1.807, 2.05) is 6.07 Å². The van der Waals surface area contributed by atoms with Crippen molar-refractivity contribution in [3.8, 4) is 5.75 Å². The minimum Gasteiger partial charge on any atom is -0.492 e. The summed E-state index contributed by atoms with van der Waals surface area (Å²) in [6.45, 7) is 4.36. The van der Waals surface area contributed by atoms with Gasteiger partial charge >= 0.3 is 0 Å². The molecular formula is C22H27BrN2O3. The summed E-state index contributed by atoms with van der Waals surface area (Å²) in [5, 5.41) is 2.86. The minimum atomic E-state index is -0.206. The molecule has 150 valence electrons. The smallest absolute Gasteiger partial charge is 0.255 e. The van der Waals surface area contributed by atoms with Crippen LogP contribution in [0, 0.1) is 0 Å². The van der Waals surface area contributed by atoms with Crippen molar-refractivity contribution < 1.29 is 14.3 Å². The predicted octanol–water partition coefficient (Wildman–Crippen LogP) is 5.64. The lowest BCUT2D eigenvalue weighted by molar-refractivity contribution is -0.116.